The number of carbonyl (C=O) groups excluding carboxylic acids is 1. The van der Waals surface area contributed by atoms with E-state index >= 15 is 0 Å². The van der Waals surface area contributed by atoms with Gasteiger partial charge in [0.05, 0.1) is 11.8 Å². The van der Waals surface area contributed by atoms with E-state index in [0.717, 1.165) is 6.20 Å². The second-order valence-corrected chi connectivity index (χ2v) is 4.84. The fourth-order valence-corrected chi connectivity index (χ4v) is 2.12. The maximum atomic E-state index is 13.9. The summed E-state index contributed by atoms with van der Waals surface area (Å²) in [6, 6.07) is 3.12. The van der Waals surface area contributed by atoms with Crippen LogP contribution in [0, 0.1) is 5.82 Å². The standard InChI is InChI=1S/C13H7BrFN5O/c14-11-4-9(10(15)5-18-11)12-8(7-21)6-20(19-12)13-16-2-1-3-17-13/h1-7H. The predicted molar refractivity (Wildman–Crippen MR) is 75.4 cm³/mol. The lowest BCUT2D eigenvalue weighted by atomic mass is 10.1. The van der Waals surface area contributed by atoms with Crippen molar-refractivity contribution in [2.75, 3.05) is 0 Å². The number of nitrogens with zero attached hydrogens (tertiary/aromatic N) is 5. The van der Waals surface area contributed by atoms with Gasteiger partial charge in [0.2, 0.25) is 5.95 Å². The van der Waals surface area contributed by atoms with Gasteiger partial charge in [-0.15, -0.1) is 0 Å². The number of hydrogen-bond donors (Lipinski definition) is 0. The van der Waals surface area contributed by atoms with Gasteiger partial charge < -0.3 is 0 Å². The maximum absolute atomic E-state index is 13.9. The molecule has 0 saturated carbocycles. The third-order valence-electron chi connectivity index (χ3n) is 2.70. The first-order valence-electron chi connectivity index (χ1n) is 5.82. The molecular formula is C13H7BrFN5O. The zero-order valence-corrected chi connectivity index (χ0v) is 12.0. The molecule has 3 heterocycles. The molecule has 0 N–H and O–H groups in total. The molecule has 0 aliphatic carbocycles. The Morgan fingerprint density at radius 3 is 2.71 bits per heavy atom. The lowest BCUT2D eigenvalue weighted by Crippen LogP contribution is -2.00. The van der Waals surface area contributed by atoms with Crippen molar-refractivity contribution in [1.82, 2.24) is 24.7 Å². The van der Waals surface area contributed by atoms with Crippen LogP contribution in [0.3, 0.4) is 0 Å². The molecule has 3 aromatic rings. The molecule has 0 aromatic carbocycles. The van der Waals surface area contributed by atoms with Crippen LogP contribution in [0.25, 0.3) is 17.2 Å². The van der Waals surface area contributed by atoms with E-state index in [4.69, 9.17) is 0 Å². The molecule has 0 fully saturated rings. The summed E-state index contributed by atoms with van der Waals surface area (Å²) in [7, 11) is 0. The van der Waals surface area contributed by atoms with Crippen LogP contribution in [0.5, 0.6) is 0 Å². The van der Waals surface area contributed by atoms with Crippen LogP contribution < -0.4 is 0 Å². The number of aldehydes is 1. The van der Waals surface area contributed by atoms with Crippen LogP contribution in [-0.2, 0) is 0 Å². The number of halogens is 2. The molecule has 0 aliphatic rings. The first-order chi connectivity index (χ1) is 10.2. The van der Waals surface area contributed by atoms with Crippen molar-refractivity contribution >= 4 is 22.2 Å². The molecule has 0 amide bonds. The Kier molecular flexibility index (Phi) is 3.53. The average molecular weight is 348 g/mol. The summed E-state index contributed by atoms with van der Waals surface area (Å²) in [5.41, 5.74) is 0.617. The summed E-state index contributed by atoms with van der Waals surface area (Å²) in [6.07, 6.45) is 6.22. The van der Waals surface area contributed by atoms with E-state index in [-0.39, 0.29) is 16.8 Å². The average Bonchev–Trinajstić information content (AvgIpc) is 2.94. The van der Waals surface area contributed by atoms with Crippen molar-refractivity contribution < 1.29 is 9.18 Å². The van der Waals surface area contributed by atoms with E-state index in [1.807, 2.05) is 0 Å². The van der Waals surface area contributed by atoms with E-state index in [9.17, 15) is 9.18 Å². The van der Waals surface area contributed by atoms with Gasteiger partial charge >= 0.3 is 0 Å². The Morgan fingerprint density at radius 2 is 2.00 bits per heavy atom. The molecule has 0 atom stereocenters. The predicted octanol–water partition coefficient (Wildman–Crippen LogP) is 2.44. The normalized spacial score (nSPS) is 10.6. The summed E-state index contributed by atoms with van der Waals surface area (Å²) >= 11 is 3.17. The van der Waals surface area contributed by atoms with E-state index in [0.29, 0.717) is 16.8 Å². The smallest absolute Gasteiger partial charge is 0.250 e. The van der Waals surface area contributed by atoms with Gasteiger partial charge in [-0.25, -0.2) is 24.0 Å². The van der Waals surface area contributed by atoms with Gasteiger partial charge in [-0.3, -0.25) is 4.79 Å². The second kappa shape index (κ2) is 5.49. The van der Waals surface area contributed by atoms with Gasteiger partial charge in [0.15, 0.2) is 12.1 Å². The van der Waals surface area contributed by atoms with Gasteiger partial charge in [0, 0.05) is 24.2 Å². The zero-order chi connectivity index (χ0) is 14.8. The van der Waals surface area contributed by atoms with E-state index in [2.05, 4.69) is 36.0 Å². The van der Waals surface area contributed by atoms with Crippen LogP contribution >= 0.6 is 15.9 Å². The Bertz CT molecular complexity index is 806. The number of aromatic nitrogens is 5. The Morgan fingerprint density at radius 1 is 1.24 bits per heavy atom. The second-order valence-electron chi connectivity index (χ2n) is 4.03. The van der Waals surface area contributed by atoms with Crippen molar-refractivity contribution in [3.63, 3.8) is 0 Å². The number of hydrogen-bond acceptors (Lipinski definition) is 5. The summed E-state index contributed by atoms with van der Waals surface area (Å²) in [6.45, 7) is 0. The fourth-order valence-electron chi connectivity index (χ4n) is 1.79. The van der Waals surface area contributed by atoms with E-state index in [1.165, 1.54) is 16.9 Å². The molecular weight excluding hydrogens is 341 g/mol. The van der Waals surface area contributed by atoms with Crippen LogP contribution in [0.4, 0.5) is 4.39 Å². The van der Waals surface area contributed by atoms with Crippen molar-refractivity contribution in [2.45, 2.75) is 0 Å². The molecule has 0 aliphatic heterocycles. The van der Waals surface area contributed by atoms with Gasteiger partial charge in [-0.1, -0.05) is 0 Å². The largest absolute Gasteiger partial charge is 0.298 e. The van der Waals surface area contributed by atoms with Gasteiger partial charge in [0.1, 0.15) is 10.3 Å². The van der Waals surface area contributed by atoms with Crippen LogP contribution in [0.2, 0.25) is 0 Å². The van der Waals surface area contributed by atoms with Crippen molar-refractivity contribution in [1.29, 1.82) is 0 Å². The minimum Gasteiger partial charge on any atom is -0.298 e. The molecule has 21 heavy (non-hydrogen) atoms. The van der Waals surface area contributed by atoms with Crippen molar-refractivity contribution in [3.8, 4) is 17.2 Å². The topological polar surface area (TPSA) is 73.6 Å². The molecule has 8 heteroatoms. The first kappa shape index (κ1) is 13.5. The summed E-state index contributed by atoms with van der Waals surface area (Å²) in [5.74, 6) is -0.277. The molecule has 0 unspecified atom stereocenters. The molecule has 0 saturated heterocycles. The minimum atomic E-state index is -0.569. The highest BCUT2D eigenvalue weighted by Crippen LogP contribution is 2.26. The highest BCUT2D eigenvalue weighted by Gasteiger charge is 2.16. The first-order valence-corrected chi connectivity index (χ1v) is 6.62. The van der Waals surface area contributed by atoms with Crippen LogP contribution in [0.15, 0.2) is 41.5 Å². The maximum Gasteiger partial charge on any atom is 0.250 e. The number of carbonyl (C=O) groups is 1. The highest BCUT2D eigenvalue weighted by atomic mass is 79.9. The molecule has 0 bridgehead atoms. The van der Waals surface area contributed by atoms with E-state index in [1.54, 1.807) is 18.5 Å². The summed E-state index contributed by atoms with van der Waals surface area (Å²) in [5, 5.41) is 4.20. The van der Waals surface area contributed by atoms with Crippen molar-refractivity contribution in [3.05, 3.63) is 52.9 Å². The SMILES string of the molecule is O=Cc1cn(-c2ncccn2)nc1-c1cc(Br)ncc1F. The van der Waals surface area contributed by atoms with Gasteiger partial charge in [-0.05, 0) is 28.1 Å². The van der Waals surface area contributed by atoms with Crippen LogP contribution in [-0.4, -0.2) is 31.0 Å². The molecule has 0 spiro atoms. The van der Waals surface area contributed by atoms with E-state index < -0.39 is 5.82 Å². The number of rotatable bonds is 3. The summed E-state index contributed by atoms with van der Waals surface area (Å²) < 4.78 is 15.7. The van der Waals surface area contributed by atoms with Crippen molar-refractivity contribution in [2.24, 2.45) is 0 Å². The lowest BCUT2D eigenvalue weighted by molar-refractivity contribution is 0.112. The van der Waals surface area contributed by atoms with Gasteiger partial charge in [0.25, 0.3) is 0 Å². The molecule has 6 nitrogen and oxygen atoms in total. The molecule has 3 aromatic heterocycles. The number of pyridine rings is 1. The molecule has 0 radical (unpaired) electrons. The fraction of sp³-hybridized carbons (Fsp3) is 0. The third kappa shape index (κ3) is 2.57. The Hall–Kier alpha value is -2.48. The summed E-state index contributed by atoms with van der Waals surface area (Å²) in [4.78, 5) is 23.0. The highest BCUT2D eigenvalue weighted by molar-refractivity contribution is 9.10. The van der Waals surface area contributed by atoms with Crippen LogP contribution in [0.1, 0.15) is 10.4 Å². The zero-order valence-electron chi connectivity index (χ0n) is 10.4. The Labute approximate surface area is 126 Å². The minimum absolute atomic E-state index is 0.175. The Balaban J connectivity index is 2.17. The van der Waals surface area contributed by atoms with Gasteiger partial charge in [-0.2, -0.15) is 5.10 Å². The third-order valence-corrected chi connectivity index (χ3v) is 3.14. The molecule has 3 rings (SSSR count). The monoisotopic (exact) mass is 347 g/mol. The lowest BCUT2D eigenvalue weighted by Gasteiger charge is -2.01. The quantitative estimate of drug-likeness (QED) is 0.537. The molecule has 104 valence electrons.